The first-order valence-corrected chi connectivity index (χ1v) is 6.38. The highest BCUT2D eigenvalue weighted by atomic mass is 16.7. The lowest BCUT2D eigenvalue weighted by molar-refractivity contribution is -0.116. The first kappa shape index (κ1) is 13.9. The smallest absolute Gasteiger partial charge is 0.296 e. The Hall–Kier alpha value is -2.48. The van der Waals surface area contributed by atoms with Crippen LogP contribution in [0.5, 0.6) is 0 Å². The third-order valence-corrected chi connectivity index (χ3v) is 2.68. The molecule has 2 rings (SSSR count). The average molecular weight is 272 g/mol. The van der Waals surface area contributed by atoms with E-state index >= 15 is 0 Å². The molecular weight excluding hydrogens is 256 g/mol. The third kappa shape index (κ3) is 4.32. The van der Waals surface area contributed by atoms with Crippen LogP contribution in [-0.4, -0.2) is 24.5 Å². The minimum absolute atomic E-state index is 0.191. The maximum Gasteiger partial charge on any atom is 0.296 e. The van der Waals surface area contributed by atoms with Gasteiger partial charge in [0, 0.05) is 0 Å². The van der Waals surface area contributed by atoms with Gasteiger partial charge in [-0.15, -0.1) is 0 Å². The monoisotopic (exact) mass is 272 g/mol. The van der Waals surface area contributed by atoms with Gasteiger partial charge in [0.25, 0.3) is 5.91 Å². The molecule has 0 bridgehead atoms. The van der Waals surface area contributed by atoms with Crippen molar-refractivity contribution in [3.63, 3.8) is 0 Å². The van der Waals surface area contributed by atoms with Crippen molar-refractivity contribution in [1.82, 2.24) is 5.32 Å². The predicted molar refractivity (Wildman–Crippen MR) is 74.6 cm³/mol. The van der Waals surface area contributed by atoms with E-state index in [4.69, 9.17) is 9.57 Å². The summed E-state index contributed by atoms with van der Waals surface area (Å²) >= 11 is 0. The van der Waals surface area contributed by atoms with Crippen LogP contribution in [-0.2, 0) is 21.0 Å². The van der Waals surface area contributed by atoms with Crippen LogP contribution in [0, 0.1) is 11.8 Å². The van der Waals surface area contributed by atoms with Crippen LogP contribution in [0.2, 0.25) is 0 Å². The molecule has 1 heterocycles. The van der Waals surface area contributed by atoms with E-state index in [0.29, 0.717) is 25.5 Å². The van der Waals surface area contributed by atoms with Crippen molar-refractivity contribution >= 4 is 11.8 Å². The summed E-state index contributed by atoms with van der Waals surface area (Å²) in [6.07, 6.45) is 0.357. The normalized spacial score (nSPS) is 16.4. The van der Waals surface area contributed by atoms with Gasteiger partial charge in [0.05, 0.1) is 13.0 Å². The maximum atomic E-state index is 11.2. The van der Waals surface area contributed by atoms with Gasteiger partial charge in [-0.05, 0) is 18.4 Å². The maximum absolute atomic E-state index is 11.2. The summed E-state index contributed by atoms with van der Waals surface area (Å²) in [5.74, 6) is 5.18. The van der Waals surface area contributed by atoms with Gasteiger partial charge in [-0.1, -0.05) is 41.4 Å². The SMILES string of the molecule is CC#CC(=O)NCC1CC(OCc2ccccc2)=NO1. The number of ether oxygens (including phenoxy) is 1. The molecule has 1 atom stereocenters. The van der Waals surface area contributed by atoms with E-state index in [0.717, 1.165) is 5.56 Å². The lowest BCUT2D eigenvalue weighted by Gasteiger charge is -2.07. The standard InChI is InChI=1S/C15H16N2O3/c1-2-6-14(18)16-10-13-9-15(17-20-13)19-11-12-7-4-3-5-8-12/h3-5,7-8,13H,9-11H2,1H3,(H,16,18). The number of oxime groups is 1. The number of carbonyl (C=O) groups excluding carboxylic acids is 1. The molecule has 0 saturated heterocycles. The van der Waals surface area contributed by atoms with Gasteiger partial charge in [0.15, 0.2) is 6.10 Å². The average Bonchev–Trinajstić information content (AvgIpc) is 2.92. The molecule has 20 heavy (non-hydrogen) atoms. The first-order valence-electron chi connectivity index (χ1n) is 6.38. The Kier molecular flexibility index (Phi) is 5.01. The molecule has 1 N–H and O–H groups in total. The molecular formula is C15H16N2O3. The topological polar surface area (TPSA) is 59.9 Å². The van der Waals surface area contributed by atoms with Crippen LogP contribution in [0.1, 0.15) is 18.9 Å². The van der Waals surface area contributed by atoms with E-state index in [1.54, 1.807) is 6.92 Å². The van der Waals surface area contributed by atoms with Crippen LogP contribution in [0.4, 0.5) is 0 Å². The van der Waals surface area contributed by atoms with Gasteiger partial charge in [-0.2, -0.15) is 0 Å². The first-order chi connectivity index (χ1) is 9.78. The van der Waals surface area contributed by atoms with E-state index in [9.17, 15) is 4.79 Å². The van der Waals surface area contributed by atoms with Crippen LogP contribution in [0.3, 0.4) is 0 Å². The fourth-order valence-electron chi connectivity index (χ4n) is 1.70. The second-order valence-electron chi connectivity index (χ2n) is 4.28. The summed E-state index contributed by atoms with van der Waals surface area (Å²) in [7, 11) is 0. The number of nitrogens with zero attached hydrogens (tertiary/aromatic N) is 1. The highest BCUT2D eigenvalue weighted by molar-refractivity contribution is 5.93. The fraction of sp³-hybridized carbons (Fsp3) is 0.333. The van der Waals surface area contributed by atoms with Crippen molar-refractivity contribution < 1.29 is 14.4 Å². The number of amides is 1. The number of nitrogens with one attached hydrogen (secondary N) is 1. The van der Waals surface area contributed by atoms with Crippen molar-refractivity contribution in [2.75, 3.05) is 6.54 Å². The molecule has 1 amide bonds. The molecule has 5 nitrogen and oxygen atoms in total. The quantitative estimate of drug-likeness (QED) is 0.844. The number of carbonyl (C=O) groups is 1. The van der Waals surface area contributed by atoms with E-state index in [1.807, 2.05) is 30.3 Å². The molecule has 0 radical (unpaired) electrons. The molecule has 0 fully saturated rings. The molecule has 1 aromatic carbocycles. The lowest BCUT2D eigenvalue weighted by Crippen LogP contribution is -2.31. The lowest BCUT2D eigenvalue weighted by atomic mass is 10.2. The molecule has 0 spiro atoms. The third-order valence-electron chi connectivity index (χ3n) is 2.68. The number of hydrogen-bond acceptors (Lipinski definition) is 4. The molecule has 1 aliphatic heterocycles. The highest BCUT2D eigenvalue weighted by Crippen LogP contribution is 2.12. The van der Waals surface area contributed by atoms with Crippen molar-refractivity contribution in [3.8, 4) is 11.8 Å². The Bertz CT molecular complexity index is 543. The Morgan fingerprint density at radius 1 is 1.50 bits per heavy atom. The van der Waals surface area contributed by atoms with Gasteiger partial charge in [-0.3, -0.25) is 4.79 Å². The second kappa shape index (κ2) is 7.19. The Morgan fingerprint density at radius 2 is 2.30 bits per heavy atom. The van der Waals surface area contributed by atoms with Gasteiger partial charge in [0.2, 0.25) is 5.90 Å². The summed E-state index contributed by atoms with van der Waals surface area (Å²) in [4.78, 5) is 16.4. The van der Waals surface area contributed by atoms with E-state index in [-0.39, 0.29) is 12.0 Å². The summed E-state index contributed by atoms with van der Waals surface area (Å²) in [5, 5.41) is 6.52. The van der Waals surface area contributed by atoms with Gasteiger partial charge in [0.1, 0.15) is 6.61 Å². The van der Waals surface area contributed by atoms with E-state index < -0.39 is 0 Å². The van der Waals surface area contributed by atoms with Crippen LogP contribution in [0.25, 0.3) is 0 Å². The van der Waals surface area contributed by atoms with Crippen molar-refractivity contribution in [3.05, 3.63) is 35.9 Å². The molecule has 5 heteroatoms. The second-order valence-corrected chi connectivity index (χ2v) is 4.28. The van der Waals surface area contributed by atoms with Gasteiger partial charge >= 0.3 is 0 Å². The molecule has 1 aromatic rings. The van der Waals surface area contributed by atoms with Crippen LogP contribution >= 0.6 is 0 Å². The highest BCUT2D eigenvalue weighted by Gasteiger charge is 2.22. The molecule has 0 aliphatic carbocycles. The van der Waals surface area contributed by atoms with Crippen molar-refractivity contribution in [2.24, 2.45) is 5.16 Å². The van der Waals surface area contributed by atoms with E-state index in [1.165, 1.54) is 0 Å². The molecule has 1 unspecified atom stereocenters. The number of rotatable bonds is 4. The van der Waals surface area contributed by atoms with Crippen LogP contribution in [0.15, 0.2) is 35.5 Å². The fourth-order valence-corrected chi connectivity index (χ4v) is 1.70. The largest absolute Gasteiger partial charge is 0.474 e. The molecule has 0 aromatic heterocycles. The number of benzene rings is 1. The predicted octanol–water partition coefficient (Wildman–Crippen LogP) is 1.45. The Morgan fingerprint density at radius 3 is 3.05 bits per heavy atom. The molecule has 1 aliphatic rings. The summed E-state index contributed by atoms with van der Waals surface area (Å²) in [6, 6.07) is 9.84. The summed E-state index contributed by atoms with van der Waals surface area (Å²) in [5.41, 5.74) is 1.07. The van der Waals surface area contributed by atoms with Crippen LogP contribution < -0.4 is 5.32 Å². The van der Waals surface area contributed by atoms with E-state index in [2.05, 4.69) is 22.3 Å². The minimum Gasteiger partial charge on any atom is -0.474 e. The molecule has 0 saturated carbocycles. The molecule has 104 valence electrons. The Labute approximate surface area is 117 Å². The number of hydrogen-bond donors (Lipinski definition) is 1. The zero-order chi connectivity index (χ0) is 14.2. The van der Waals surface area contributed by atoms with Gasteiger partial charge < -0.3 is 14.9 Å². The summed E-state index contributed by atoms with van der Waals surface area (Å²) in [6.45, 7) is 2.45. The van der Waals surface area contributed by atoms with Crippen molar-refractivity contribution in [1.29, 1.82) is 0 Å². The Balaban J connectivity index is 1.69. The summed E-state index contributed by atoms with van der Waals surface area (Å²) < 4.78 is 5.56. The van der Waals surface area contributed by atoms with Crippen molar-refractivity contribution in [2.45, 2.75) is 26.1 Å². The van der Waals surface area contributed by atoms with Gasteiger partial charge in [-0.25, -0.2) is 0 Å². The zero-order valence-corrected chi connectivity index (χ0v) is 11.3. The minimum atomic E-state index is -0.310. The zero-order valence-electron chi connectivity index (χ0n) is 11.3.